The van der Waals surface area contributed by atoms with Crippen LogP contribution >= 0.6 is 0 Å². The van der Waals surface area contributed by atoms with Crippen LogP contribution in [0.5, 0.6) is 0 Å². The zero-order valence-electron chi connectivity index (χ0n) is 10.6. The Morgan fingerprint density at radius 2 is 1.71 bits per heavy atom. The van der Waals surface area contributed by atoms with Crippen LogP contribution in [0.2, 0.25) is 0 Å². The highest BCUT2D eigenvalue weighted by atomic mass is 16.2. The van der Waals surface area contributed by atoms with E-state index < -0.39 is 0 Å². The minimum atomic E-state index is 0.148. The Morgan fingerprint density at radius 1 is 1.24 bits per heavy atom. The molecule has 96 valence electrons. The standard InChI is InChI=1S/C13H23N3O/c1-16(12(17)8-15-14)13-5-9-2-10(6-13)4-11(3-9)7-13/h9-11,15H,2-8,14H2,1H3. The first kappa shape index (κ1) is 11.5. The first-order chi connectivity index (χ1) is 8.13. The van der Waals surface area contributed by atoms with Gasteiger partial charge in [-0.25, -0.2) is 0 Å². The number of amides is 1. The molecule has 1 amide bonds. The van der Waals surface area contributed by atoms with Crippen molar-refractivity contribution in [3.63, 3.8) is 0 Å². The lowest BCUT2D eigenvalue weighted by molar-refractivity contribution is -0.146. The van der Waals surface area contributed by atoms with E-state index in [0.717, 1.165) is 17.8 Å². The molecule has 4 fully saturated rings. The fourth-order valence-corrected chi connectivity index (χ4v) is 4.95. The van der Waals surface area contributed by atoms with Gasteiger partial charge in [0.1, 0.15) is 0 Å². The van der Waals surface area contributed by atoms with Gasteiger partial charge in [-0.2, -0.15) is 0 Å². The number of hydrogen-bond donors (Lipinski definition) is 2. The topological polar surface area (TPSA) is 58.4 Å². The van der Waals surface area contributed by atoms with Gasteiger partial charge in [-0.05, 0) is 56.3 Å². The second-order valence-electron chi connectivity index (χ2n) is 6.48. The molecule has 4 bridgehead atoms. The molecule has 0 aliphatic heterocycles. The second kappa shape index (κ2) is 3.95. The molecule has 4 heteroatoms. The molecule has 0 unspecified atom stereocenters. The monoisotopic (exact) mass is 237 g/mol. The van der Waals surface area contributed by atoms with E-state index in [1.165, 1.54) is 38.5 Å². The van der Waals surface area contributed by atoms with Crippen molar-refractivity contribution in [2.24, 2.45) is 23.6 Å². The van der Waals surface area contributed by atoms with Crippen LogP contribution in [0.3, 0.4) is 0 Å². The molecule has 0 atom stereocenters. The Balaban J connectivity index is 1.79. The van der Waals surface area contributed by atoms with Crippen LogP contribution < -0.4 is 11.3 Å². The summed E-state index contributed by atoms with van der Waals surface area (Å²) in [5.41, 5.74) is 2.66. The molecular formula is C13H23N3O. The average Bonchev–Trinajstić information content (AvgIpc) is 2.26. The van der Waals surface area contributed by atoms with E-state index in [1.54, 1.807) is 0 Å². The molecule has 0 heterocycles. The van der Waals surface area contributed by atoms with Gasteiger partial charge in [0.2, 0.25) is 5.91 Å². The number of nitrogens with two attached hydrogens (primary N) is 1. The van der Waals surface area contributed by atoms with E-state index in [9.17, 15) is 4.79 Å². The first-order valence-corrected chi connectivity index (χ1v) is 6.83. The van der Waals surface area contributed by atoms with Crippen molar-refractivity contribution in [2.45, 2.75) is 44.1 Å². The summed E-state index contributed by atoms with van der Waals surface area (Å²) in [6, 6.07) is 0. The van der Waals surface area contributed by atoms with Gasteiger partial charge in [0, 0.05) is 12.6 Å². The molecule has 0 aromatic heterocycles. The summed E-state index contributed by atoms with van der Waals surface area (Å²) in [4.78, 5) is 14.1. The normalized spacial score (nSPS) is 42.8. The Morgan fingerprint density at radius 3 is 2.12 bits per heavy atom. The third-order valence-corrected chi connectivity index (χ3v) is 5.34. The molecular weight excluding hydrogens is 214 g/mol. The number of likely N-dealkylation sites (N-methyl/N-ethyl adjacent to an activating group) is 1. The van der Waals surface area contributed by atoms with E-state index in [1.807, 2.05) is 11.9 Å². The summed E-state index contributed by atoms with van der Waals surface area (Å²) < 4.78 is 0. The van der Waals surface area contributed by atoms with Gasteiger partial charge in [-0.3, -0.25) is 16.1 Å². The first-order valence-electron chi connectivity index (χ1n) is 6.83. The molecule has 0 radical (unpaired) electrons. The molecule has 0 saturated heterocycles. The highest BCUT2D eigenvalue weighted by Gasteiger charge is 2.53. The summed E-state index contributed by atoms with van der Waals surface area (Å²) in [6.07, 6.45) is 7.92. The predicted octanol–water partition coefficient (Wildman–Crippen LogP) is 0.877. The van der Waals surface area contributed by atoms with Crippen LogP contribution in [0, 0.1) is 17.8 Å². The van der Waals surface area contributed by atoms with Crippen LogP contribution in [-0.2, 0) is 4.79 Å². The van der Waals surface area contributed by atoms with Crippen LogP contribution in [0.1, 0.15) is 38.5 Å². The summed E-state index contributed by atoms with van der Waals surface area (Å²) in [5.74, 6) is 8.04. The third-order valence-electron chi connectivity index (χ3n) is 5.34. The van der Waals surface area contributed by atoms with Crippen LogP contribution in [0.25, 0.3) is 0 Å². The highest BCUT2D eigenvalue weighted by Crippen LogP contribution is 2.57. The van der Waals surface area contributed by atoms with Crippen molar-refractivity contribution in [3.05, 3.63) is 0 Å². The highest BCUT2D eigenvalue weighted by molar-refractivity contribution is 5.78. The van der Waals surface area contributed by atoms with Crippen LogP contribution in [-0.4, -0.2) is 29.9 Å². The molecule has 0 spiro atoms. The maximum Gasteiger partial charge on any atom is 0.238 e. The minimum Gasteiger partial charge on any atom is -0.339 e. The Kier molecular flexibility index (Phi) is 2.67. The smallest absolute Gasteiger partial charge is 0.238 e. The molecule has 4 aliphatic carbocycles. The maximum atomic E-state index is 12.0. The summed E-state index contributed by atoms with van der Waals surface area (Å²) >= 11 is 0. The molecule has 4 saturated carbocycles. The summed E-state index contributed by atoms with van der Waals surface area (Å²) in [5, 5.41) is 0. The quantitative estimate of drug-likeness (QED) is 0.566. The Bertz CT molecular complexity index is 293. The van der Waals surface area contributed by atoms with Crippen molar-refractivity contribution in [2.75, 3.05) is 13.6 Å². The van der Waals surface area contributed by atoms with E-state index in [-0.39, 0.29) is 18.0 Å². The Labute approximate surface area is 103 Å². The number of rotatable bonds is 3. The lowest BCUT2D eigenvalue weighted by Gasteiger charge is -2.59. The van der Waals surface area contributed by atoms with Gasteiger partial charge >= 0.3 is 0 Å². The van der Waals surface area contributed by atoms with E-state index in [2.05, 4.69) is 5.43 Å². The van der Waals surface area contributed by atoms with Crippen molar-refractivity contribution in [1.29, 1.82) is 0 Å². The van der Waals surface area contributed by atoms with E-state index in [0.29, 0.717) is 0 Å². The summed E-state index contributed by atoms with van der Waals surface area (Å²) in [7, 11) is 1.98. The number of nitrogens with zero attached hydrogens (tertiary/aromatic N) is 1. The molecule has 3 N–H and O–H groups in total. The van der Waals surface area contributed by atoms with Gasteiger partial charge in [0.05, 0.1) is 6.54 Å². The number of hydrazine groups is 1. The van der Waals surface area contributed by atoms with Crippen molar-refractivity contribution in [3.8, 4) is 0 Å². The largest absolute Gasteiger partial charge is 0.339 e. The van der Waals surface area contributed by atoms with Crippen molar-refractivity contribution < 1.29 is 4.79 Å². The molecule has 0 aromatic carbocycles. The maximum absolute atomic E-state index is 12.0. The van der Waals surface area contributed by atoms with Crippen LogP contribution in [0.15, 0.2) is 0 Å². The lowest BCUT2D eigenvalue weighted by Crippen LogP contribution is -2.61. The fraction of sp³-hybridized carbons (Fsp3) is 0.923. The van der Waals surface area contributed by atoms with E-state index >= 15 is 0 Å². The van der Waals surface area contributed by atoms with Crippen molar-refractivity contribution in [1.82, 2.24) is 10.3 Å². The number of nitrogens with one attached hydrogen (secondary N) is 1. The van der Waals surface area contributed by atoms with Gasteiger partial charge in [-0.1, -0.05) is 0 Å². The van der Waals surface area contributed by atoms with Gasteiger partial charge in [-0.15, -0.1) is 0 Å². The van der Waals surface area contributed by atoms with Gasteiger partial charge in [0.25, 0.3) is 0 Å². The average molecular weight is 237 g/mol. The van der Waals surface area contributed by atoms with Gasteiger partial charge < -0.3 is 4.90 Å². The molecule has 4 aliphatic rings. The Hall–Kier alpha value is -0.610. The molecule has 0 aromatic rings. The third kappa shape index (κ3) is 1.78. The predicted molar refractivity (Wildman–Crippen MR) is 65.9 cm³/mol. The zero-order valence-corrected chi connectivity index (χ0v) is 10.6. The number of hydrogen-bond acceptors (Lipinski definition) is 3. The summed E-state index contributed by atoms with van der Waals surface area (Å²) in [6.45, 7) is 0.262. The van der Waals surface area contributed by atoms with Crippen molar-refractivity contribution >= 4 is 5.91 Å². The zero-order chi connectivity index (χ0) is 12.0. The SMILES string of the molecule is CN(C(=O)CNN)C12CC3CC(CC(C3)C1)C2. The second-order valence-corrected chi connectivity index (χ2v) is 6.48. The molecule has 4 rings (SSSR count). The van der Waals surface area contributed by atoms with Crippen LogP contribution in [0.4, 0.5) is 0 Å². The molecule has 4 nitrogen and oxygen atoms in total. The van der Waals surface area contributed by atoms with Gasteiger partial charge in [0.15, 0.2) is 0 Å². The lowest BCUT2D eigenvalue weighted by atomic mass is 9.52. The fourth-order valence-electron chi connectivity index (χ4n) is 4.95. The van der Waals surface area contributed by atoms with E-state index in [4.69, 9.17) is 5.84 Å². The number of carbonyl (C=O) groups is 1. The molecule has 17 heavy (non-hydrogen) atoms. The number of carbonyl (C=O) groups excluding carboxylic acids is 1. The minimum absolute atomic E-state index is 0.148.